The molecule has 0 aliphatic carbocycles. The van der Waals surface area contributed by atoms with Crippen molar-refractivity contribution in [3.63, 3.8) is 0 Å². The Morgan fingerprint density at radius 1 is 1.15 bits per heavy atom. The molecule has 0 aliphatic rings. The molecule has 3 amide bonds. The molecule has 0 saturated carbocycles. The molecule has 2 aromatic rings. The van der Waals surface area contributed by atoms with Gasteiger partial charge in [-0.2, -0.15) is 5.10 Å². The second-order valence-corrected chi connectivity index (χ2v) is 5.77. The first-order valence-corrected chi connectivity index (χ1v) is 7.87. The van der Waals surface area contributed by atoms with E-state index in [4.69, 9.17) is 10.5 Å². The van der Waals surface area contributed by atoms with E-state index in [9.17, 15) is 14.4 Å². The van der Waals surface area contributed by atoms with Gasteiger partial charge in [0.1, 0.15) is 0 Å². The normalized spacial score (nSPS) is 11.5. The van der Waals surface area contributed by atoms with Gasteiger partial charge in [0.05, 0.1) is 22.6 Å². The van der Waals surface area contributed by atoms with E-state index in [0.717, 1.165) is 5.69 Å². The standard InChI is InChI=1S/C17H21N5O4/c1-9-14(10(2)22(4)21-9)20-15(23)11(3)26-16(24)12-5-7-13(8-6-12)19-17(18)25/h5-8,11H,1-4H3,(H,20,23)(H3,18,19,25)/t11-/m0/s1. The number of primary amides is 1. The fraction of sp³-hybridized carbons (Fsp3) is 0.294. The monoisotopic (exact) mass is 359 g/mol. The molecule has 1 aromatic carbocycles. The summed E-state index contributed by atoms with van der Waals surface area (Å²) in [7, 11) is 1.78. The van der Waals surface area contributed by atoms with Gasteiger partial charge < -0.3 is 21.1 Å². The van der Waals surface area contributed by atoms with E-state index in [0.29, 0.717) is 17.1 Å². The summed E-state index contributed by atoms with van der Waals surface area (Å²) in [4.78, 5) is 35.2. The number of aromatic nitrogens is 2. The van der Waals surface area contributed by atoms with E-state index < -0.39 is 24.0 Å². The van der Waals surface area contributed by atoms with Crippen LogP contribution in [-0.2, 0) is 16.6 Å². The molecular weight excluding hydrogens is 338 g/mol. The number of nitrogens with zero attached hydrogens (tertiary/aromatic N) is 2. The van der Waals surface area contributed by atoms with Crippen LogP contribution in [-0.4, -0.2) is 33.8 Å². The van der Waals surface area contributed by atoms with Crippen molar-refractivity contribution in [2.24, 2.45) is 12.8 Å². The number of nitrogens with two attached hydrogens (primary N) is 1. The summed E-state index contributed by atoms with van der Waals surface area (Å²) in [6, 6.07) is 5.25. The number of aryl methyl sites for hydroxylation is 2. The largest absolute Gasteiger partial charge is 0.449 e. The average Bonchev–Trinajstić information content (AvgIpc) is 2.81. The molecule has 9 nitrogen and oxygen atoms in total. The number of hydrogen-bond donors (Lipinski definition) is 3. The van der Waals surface area contributed by atoms with Crippen LogP contribution in [0.2, 0.25) is 0 Å². The number of rotatable bonds is 5. The third kappa shape index (κ3) is 4.38. The topological polar surface area (TPSA) is 128 Å². The van der Waals surface area contributed by atoms with Crippen LogP contribution in [0.25, 0.3) is 0 Å². The summed E-state index contributed by atoms with van der Waals surface area (Å²) in [5, 5.41) is 9.33. The summed E-state index contributed by atoms with van der Waals surface area (Å²) < 4.78 is 6.84. The highest BCUT2D eigenvalue weighted by Gasteiger charge is 2.21. The number of ether oxygens (including phenoxy) is 1. The molecule has 0 fully saturated rings. The molecule has 4 N–H and O–H groups in total. The number of nitrogens with one attached hydrogen (secondary N) is 2. The Hall–Kier alpha value is -3.36. The van der Waals surface area contributed by atoms with Crippen LogP contribution in [0.15, 0.2) is 24.3 Å². The molecule has 138 valence electrons. The van der Waals surface area contributed by atoms with E-state index in [1.54, 1.807) is 18.7 Å². The van der Waals surface area contributed by atoms with Crippen LogP contribution in [0, 0.1) is 13.8 Å². The zero-order valence-electron chi connectivity index (χ0n) is 15.0. The Kier molecular flexibility index (Phi) is 5.61. The van der Waals surface area contributed by atoms with Gasteiger partial charge in [-0.1, -0.05) is 0 Å². The minimum absolute atomic E-state index is 0.244. The number of esters is 1. The van der Waals surface area contributed by atoms with Gasteiger partial charge in [-0.15, -0.1) is 0 Å². The Morgan fingerprint density at radius 3 is 2.27 bits per heavy atom. The highest BCUT2D eigenvalue weighted by Crippen LogP contribution is 2.19. The number of amides is 3. The second kappa shape index (κ2) is 7.68. The van der Waals surface area contributed by atoms with Crippen molar-refractivity contribution < 1.29 is 19.1 Å². The van der Waals surface area contributed by atoms with Crippen LogP contribution in [0.5, 0.6) is 0 Å². The van der Waals surface area contributed by atoms with Crippen molar-refractivity contribution in [3.8, 4) is 0 Å². The zero-order chi connectivity index (χ0) is 19.4. The summed E-state index contributed by atoms with van der Waals surface area (Å²) in [5.74, 6) is -1.11. The SMILES string of the molecule is Cc1nn(C)c(C)c1NC(=O)[C@H](C)OC(=O)c1ccc(NC(N)=O)cc1. The first kappa shape index (κ1) is 19.0. The lowest BCUT2D eigenvalue weighted by atomic mass is 10.2. The number of carbonyl (C=O) groups is 3. The summed E-state index contributed by atoms with van der Waals surface area (Å²) in [6.45, 7) is 5.09. The minimum atomic E-state index is -0.995. The van der Waals surface area contributed by atoms with Gasteiger partial charge in [0, 0.05) is 12.7 Å². The lowest BCUT2D eigenvalue weighted by Crippen LogP contribution is -2.30. The van der Waals surface area contributed by atoms with Crippen molar-refractivity contribution in [2.75, 3.05) is 10.6 Å². The molecule has 9 heteroatoms. The van der Waals surface area contributed by atoms with Crippen molar-refractivity contribution in [1.29, 1.82) is 0 Å². The van der Waals surface area contributed by atoms with Crippen molar-refractivity contribution in [2.45, 2.75) is 26.9 Å². The molecule has 0 aliphatic heterocycles. The molecule has 1 atom stereocenters. The van der Waals surface area contributed by atoms with Crippen molar-refractivity contribution in [3.05, 3.63) is 41.2 Å². The van der Waals surface area contributed by atoms with Gasteiger partial charge in [-0.05, 0) is 45.0 Å². The van der Waals surface area contributed by atoms with Crippen LogP contribution in [0.3, 0.4) is 0 Å². The fourth-order valence-corrected chi connectivity index (χ4v) is 2.29. The Morgan fingerprint density at radius 2 is 1.77 bits per heavy atom. The van der Waals surface area contributed by atoms with E-state index >= 15 is 0 Å². The Balaban J connectivity index is 1.99. The molecular formula is C17H21N5O4. The molecule has 0 radical (unpaired) electrons. The lowest BCUT2D eigenvalue weighted by Gasteiger charge is -2.14. The number of benzene rings is 1. The predicted octanol–water partition coefficient (Wildman–Crippen LogP) is 1.71. The molecule has 2 rings (SSSR count). The van der Waals surface area contributed by atoms with Gasteiger partial charge in [-0.3, -0.25) is 9.48 Å². The van der Waals surface area contributed by atoms with Crippen molar-refractivity contribution >= 4 is 29.3 Å². The predicted molar refractivity (Wildman–Crippen MR) is 95.8 cm³/mol. The molecule has 0 saturated heterocycles. The lowest BCUT2D eigenvalue weighted by molar-refractivity contribution is -0.123. The van der Waals surface area contributed by atoms with Gasteiger partial charge in [0.25, 0.3) is 5.91 Å². The maximum atomic E-state index is 12.3. The third-order valence-corrected chi connectivity index (χ3v) is 3.80. The van der Waals surface area contributed by atoms with E-state index in [2.05, 4.69) is 15.7 Å². The molecule has 0 bridgehead atoms. The maximum absolute atomic E-state index is 12.3. The smallest absolute Gasteiger partial charge is 0.338 e. The summed E-state index contributed by atoms with van der Waals surface area (Å²) >= 11 is 0. The molecule has 0 unspecified atom stereocenters. The van der Waals surface area contributed by atoms with E-state index in [1.807, 2.05) is 6.92 Å². The highest BCUT2D eigenvalue weighted by molar-refractivity contribution is 5.98. The second-order valence-electron chi connectivity index (χ2n) is 5.77. The van der Waals surface area contributed by atoms with E-state index in [1.165, 1.54) is 31.2 Å². The molecule has 26 heavy (non-hydrogen) atoms. The van der Waals surface area contributed by atoms with Gasteiger partial charge in [0.15, 0.2) is 6.10 Å². The first-order valence-electron chi connectivity index (χ1n) is 7.87. The number of urea groups is 1. The molecule has 1 aromatic heterocycles. The third-order valence-electron chi connectivity index (χ3n) is 3.80. The average molecular weight is 359 g/mol. The number of hydrogen-bond acceptors (Lipinski definition) is 5. The number of carbonyl (C=O) groups excluding carboxylic acids is 3. The Labute approximate surface area is 150 Å². The van der Waals surface area contributed by atoms with E-state index in [-0.39, 0.29) is 5.56 Å². The maximum Gasteiger partial charge on any atom is 0.338 e. The zero-order valence-corrected chi connectivity index (χ0v) is 15.0. The summed E-state index contributed by atoms with van der Waals surface area (Å²) in [5.41, 5.74) is 7.78. The van der Waals surface area contributed by atoms with Gasteiger partial charge >= 0.3 is 12.0 Å². The fourth-order valence-electron chi connectivity index (χ4n) is 2.29. The van der Waals surface area contributed by atoms with Crippen LogP contribution in [0.1, 0.15) is 28.7 Å². The Bertz CT molecular complexity index is 842. The number of anilines is 2. The van der Waals surface area contributed by atoms with Gasteiger partial charge in [-0.25, -0.2) is 9.59 Å². The van der Waals surface area contributed by atoms with Crippen LogP contribution in [0.4, 0.5) is 16.2 Å². The first-order chi connectivity index (χ1) is 12.2. The van der Waals surface area contributed by atoms with Crippen LogP contribution < -0.4 is 16.4 Å². The van der Waals surface area contributed by atoms with Gasteiger partial charge in [0.2, 0.25) is 0 Å². The van der Waals surface area contributed by atoms with Crippen molar-refractivity contribution in [1.82, 2.24) is 9.78 Å². The quantitative estimate of drug-likeness (QED) is 0.700. The minimum Gasteiger partial charge on any atom is -0.449 e. The molecule has 0 spiro atoms. The summed E-state index contributed by atoms with van der Waals surface area (Å²) in [6.07, 6.45) is -0.995. The van der Waals surface area contributed by atoms with Crippen LogP contribution >= 0.6 is 0 Å². The highest BCUT2D eigenvalue weighted by atomic mass is 16.5. The molecule has 1 heterocycles.